The molecule has 1 aromatic rings. The Morgan fingerprint density at radius 2 is 1.79 bits per heavy atom. The molecule has 3 fully saturated rings. The summed E-state index contributed by atoms with van der Waals surface area (Å²) in [4.78, 5) is 11.3. The summed E-state index contributed by atoms with van der Waals surface area (Å²) in [7, 11) is 1.84. The summed E-state index contributed by atoms with van der Waals surface area (Å²) in [6, 6.07) is 7.88. The molecule has 3 aliphatic carbocycles. The van der Waals surface area contributed by atoms with E-state index < -0.39 is 0 Å². The number of ether oxygens (including phenoxy) is 1. The van der Waals surface area contributed by atoms with Crippen LogP contribution in [0.1, 0.15) is 54.4 Å². The van der Waals surface area contributed by atoms with Crippen LogP contribution < -0.4 is 0 Å². The van der Waals surface area contributed by atoms with E-state index in [4.69, 9.17) is 16.3 Å². The minimum Gasteiger partial charge on any atom is -0.378 e. The fourth-order valence-electron chi connectivity index (χ4n) is 3.86. The predicted molar refractivity (Wildman–Crippen MR) is 75.7 cm³/mol. The van der Waals surface area contributed by atoms with Crippen LogP contribution in [-0.4, -0.2) is 18.0 Å². The van der Waals surface area contributed by atoms with Gasteiger partial charge in [-0.25, -0.2) is 0 Å². The Labute approximate surface area is 119 Å². The van der Waals surface area contributed by atoms with Crippen LogP contribution in [0.4, 0.5) is 0 Å². The van der Waals surface area contributed by atoms with E-state index in [1.165, 1.54) is 5.56 Å². The summed E-state index contributed by atoms with van der Waals surface area (Å²) >= 11 is 5.60. The third-order valence-corrected chi connectivity index (χ3v) is 5.53. The monoisotopic (exact) mass is 278 g/mol. The molecule has 0 atom stereocenters. The molecule has 0 aromatic heterocycles. The van der Waals surface area contributed by atoms with Crippen molar-refractivity contribution < 1.29 is 9.53 Å². The van der Waals surface area contributed by atoms with Crippen LogP contribution in [-0.2, 0) is 10.2 Å². The summed E-state index contributed by atoms with van der Waals surface area (Å²) in [6.07, 6.45) is 6.84. The van der Waals surface area contributed by atoms with Crippen molar-refractivity contribution in [3.63, 3.8) is 0 Å². The molecule has 3 aliphatic rings. The standard InChI is InChI=1S/C16H19ClO2/c1-19-16-8-5-15(6-9-16,7-10-16)13-4-2-3-12(11-13)14(17)18/h2-4,11H,5-10H2,1H3. The van der Waals surface area contributed by atoms with E-state index in [0.29, 0.717) is 5.56 Å². The first-order valence-corrected chi connectivity index (χ1v) is 7.33. The van der Waals surface area contributed by atoms with E-state index >= 15 is 0 Å². The van der Waals surface area contributed by atoms with Crippen molar-refractivity contribution in [2.24, 2.45) is 0 Å². The van der Waals surface area contributed by atoms with Crippen LogP contribution in [0, 0.1) is 0 Å². The van der Waals surface area contributed by atoms with Crippen LogP contribution in [0.15, 0.2) is 24.3 Å². The van der Waals surface area contributed by atoms with Crippen molar-refractivity contribution in [2.75, 3.05) is 7.11 Å². The molecule has 2 bridgehead atoms. The quantitative estimate of drug-likeness (QED) is 0.780. The van der Waals surface area contributed by atoms with Gasteiger partial charge in [-0.1, -0.05) is 18.2 Å². The Hall–Kier alpha value is -0.860. The zero-order valence-corrected chi connectivity index (χ0v) is 12.0. The maximum absolute atomic E-state index is 11.3. The van der Waals surface area contributed by atoms with E-state index in [1.54, 1.807) is 6.07 Å². The number of fused-ring (bicyclic) bond motifs is 3. The molecule has 0 N–H and O–H groups in total. The Bertz CT molecular complexity index is 485. The molecule has 3 saturated carbocycles. The third-order valence-electron chi connectivity index (χ3n) is 5.31. The maximum Gasteiger partial charge on any atom is 0.252 e. The van der Waals surface area contributed by atoms with Gasteiger partial charge in [-0.05, 0) is 67.2 Å². The molecule has 0 radical (unpaired) electrons. The maximum atomic E-state index is 11.3. The lowest BCUT2D eigenvalue weighted by molar-refractivity contribution is -0.0955. The molecule has 1 aromatic carbocycles. The Balaban J connectivity index is 1.91. The highest BCUT2D eigenvalue weighted by atomic mass is 35.5. The second-order valence-corrected chi connectivity index (χ2v) is 6.37. The number of rotatable bonds is 3. The van der Waals surface area contributed by atoms with Crippen LogP contribution in [0.2, 0.25) is 0 Å². The summed E-state index contributed by atoms with van der Waals surface area (Å²) in [5.74, 6) is 0. The average molecular weight is 279 g/mol. The molecule has 0 spiro atoms. The molecule has 2 nitrogen and oxygen atoms in total. The molecular formula is C16H19ClO2. The van der Waals surface area contributed by atoms with Crippen molar-refractivity contribution in [2.45, 2.75) is 49.5 Å². The molecular weight excluding hydrogens is 260 g/mol. The number of hydrogen-bond acceptors (Lipinski definition) is 2. The first kappa shape index (κ1) is 13.1. The number of hydrogen-bond donors (Lipinski definition) is 0. The molecule has 4 rings (SSSR count). The number of benzene rings is 1. The second kappa shape index (κ2) is 4.60. The highest BCUT2D eigenvalue weighted by molar-refractivity contribution is 6.67. The van der Waals surface area contributed by atoms with Gasteiger partial charge in [0.25, 0.3) is 5.24 Å². The van der Waals surface area contributed by atoms with Crippen molar-refractivity contribution in [3.8, 4) is 0 Å². The minimum atomic E-state index is -0.365. The smallest absolute Gasteiger partial charge is 0.252 e. The summed E-state index contributed by atoms with van der Waals surface area (Å²) in [6.45, 7) is 0. The fraction of sp³-hybridized carbons (Fsp3) is 0.562. The highest BCUT2D eigenvalue weighted by Crippen LogP contribution is 2.54. The molecule has 102 valence electrons. The van der Waals surface area contributed by atoms with Crippen LogP contribution in [0.25, 0.3) is 0 Å². The first-order valence-electron chi connectivity index (χ1n) is 6.95. The van der Waals surface area contributed by atoms with Gasteiger partial charge in [-0.2, -0.15) is 0 Å². The van der Waals surface area contributed by atoms with Gasteiger partial charge < -0.3 is 4.74 Å². The van der Waals surface area contributed by atoms with E-state index in [2.05, 4.69) is 6.07 Å². The predicted octanol–water partition coefficient (Wildman–Crippen LogP) is 4.06. The van der Waals surface area contributed by atoms with Gasteiger partial charge >= 0.3 is 0 Å². The molecule has 0 heterocycles. The van der Waals surface area contributed by atoms with Crippen molar-refractivity contribution in [3.05, 3.63) is 35.4 Å². The van der Waals surface area contributed by atoms with Gasteiger partial charge in [0.2, 0.25) is 0 Å². The first-order chi connectivity index (χ1) is 9.09. The second-order valence-electron chi connectivity index (χ2n) is 6.02. The van der Waals surface area contributed by atoms with Gasteiger partial charge in [0.05, 0.1) is 5.60 Å². The Kier molecular flexibility index (Phi) is 3.18. The van der Waals surface area contributed by atoms with Crippen LogP contribution >= 0.6 is 11.6 Å². The van der Waals surface area contributed by atoms with E-state index in [0.717, 1.165) is 38.5 Å². The van der Waals surface area contributed by atoms with E-state index in [1.807, 2.05) is 19.2 Å². The fourth-order valence-corrected chi connectivity index (χ4v) is 3.98. The Morgan fingerprint density at radius 3 is 2.32 bits per heavy atom. The van der Waals surface area contributed by atoms with Crippen molar-refractivity contribution >= 4 is 16.8 Å². The zero-order valence-electron chi connectivity index (χ0n) is 11.2. The van der Waals surface area contributed by atoms with Crippen molar-refractivity contribution in [1.82, 2.24) is 0 Å². The van der Waals surface area contributed by atoms with E-state index in [9.17, 15) is 4.79 Å². The largest absolute Gasteiger partial charge is 0.378 e. The van der Waals surface area contributed by atoms with Gasteiger partial charge in [0.1, 0.15) is 0 Å². The van der Waals surface area contributed by atoms with Crippen LogP contribution in [0.5, 0.6) is 0 Å². The lowest BCUT2D eigenvalue weighted by Crippen LogP contribution is -2.49. The number of carbonyl (C=O) groups is 1. The summed E-state index contributed by atoms with van der Waals surface area (Å²) in [5, 5.41) is -0.365. The molecule has 0 amide bonds. The lowest BCUT2D eigenvalue weighted by atomic mass is 9.56. The van der Waals surface area contributed by atoms with Gasteiger partial charge in [0, 0.05) is 12.7 Å². The lowest BCUT2D eigenvalue weighted by Gasteiger charge is -2.53. The van der Waals surface area contributed by atoms with Crippen molar-refractivity contribution in [1.29, 1.82) is 0 Å². The van der Waals surface area contributed by atoms with E-state index in [-0.39, 0.29) is 16.3 Å². The van der Waals surface area contributed by atoms with Gasteiger partial charge in [0.15, 0.2) is 0 Å². The Morgan fingerprint density at radius 1 is 1.16 bits per heavy atom. The minimum absolute atomic E-state index is 0.127. The molecule has 3 heteroatoms. The number of methoxy groups -OCH3 is 1. The van der Waals surface area contributed by atoms with Crippen LogP contribution in [0.3, 0.4) is 0 Å². The summed E-state index contributed by atoms with van der Waals surface area (Å²) < 4.78 is 5.73. The third kappa shape index (κ3) is 2.11. The average Bonchev–Trinajstić information content (AvgIpc) is 2.49. The topological polar surface area (TPSA) is 26.3 Å². The molecule has 0 unspecified atom stereocenters. The zero-order chi connectivity index (χ0) is 13.5. The van der Waals surface area contributed by atoms with Gasteiger partial charge in [-0.3, -0.25) is 4.79 Å². The number of carbonyl (C=O) groups excluding carboxylic acids is 1. The van der Waals surface area contributed by atoms with Gasteiger partial charge in [-0.15, -0.1) is 0 Å². The number of halogens is 1. The highest BCUT2D eigenvalue weighted by Gasteiger charge is 2.49. The molecule has 19 heavy (non-hydrogen) atoms. The normalized spacial score (nSPS) is 33.4. The summed E-state index contributed by atoms with van der Waals surface area (Å²) in [5.41, 5.74) is 2.26. The molecule has 0 saturated heterocycles. The molecule has 0 aliphatic heterocycles. The SMILES string of the molecule is COC12CCC(c3cccc(C(=O)Cl)c3)(CC1)CC2.